The van der Waals surface area contributed by atoms with Crippen LogP contribution in [0.2, 0.25) is 0 Å². The molecule has 4 rings (SSSR count). The summed E-state index contributed by atoms with van der Waals surface area (Å²) in [5, 5.41) is 6.80. The molecule has 2 amide bonds. The molecule has 0 saturated heterocycles. The van der Waals surface area contributed by atoms with Gasteiger partial charge in [0.1, 0.15) is 5.71 Å². The zero-order valence-corrected chi connectivity index (χ0v) is 8.77. The molecule has 84 valence electrons. The highest BCUT2D eigenvalue weighted by atomic mass is 16.2. The lowest BCUT2D eigenvalue weighted by molar-refractivity contribution is -0.120. The highest BCUT2D eigenvalue weighted by Gasteiger charge is 2.67. The van der Waals surface area contributed by atoms with Crippen LogP contribution in [0.15, 0.2) is 5.10 Å². The van der Waals surface area contributed by atoms with Crippen LogP contribution >= 0.6 is 0 Å². The van der Waals surface area contributed by atoms with Gasteiger partial charge in [-0.25, -0.2) is 5.43 Å². The van der Waals surface area contributed by atoms with E-state index in [2.05, 4.69) is 15.8 Å². The molecule has 5 heteroatoms. The predicted molar refractivity (Wildman–Crippen MR) is 55.3 cm³/mol. The van der Waals surface area contributed by atoms with Crippen LogP contribution in [0.3, 0.4) is 0 Å². The van der Waals surface area contributed by atoms with Gasteiger partial charge in [-0.05, 0) is 36.5 Å². The van der Waals surface area contributed by atoms with Gasteiger partial charge in [-0.15, -0.1) is 0 Å². The molecule has 4 aliphatic rings. The van der Waals surface area contributed by atoms with E-state index in [1.807, 2.05) is 0 Å². The Kier molecular flexibility index (Phi) is 1.44. The maximum absolute atomic E-state index is 11.8. The van der Waals surface area contributed by atoms with Crippen molar-refractivity contribution in [2.75, 3.05) is 0 Å². The zero-order valence-electron chi connectivity index (χ0n) is 8.77. The maximum Gasteiger partial charge on any atom is 0.268 e. The summed E-state index contributed by atoms with van der Waals surface area (Å²) in [7, 11) is 0. The zero-order chi connectivity index (χ0) is 10.9. The second-order valence-electron chi connectivity index (χ2n) is 5.40. The van der Waals surface area contributed by atoms with E-state index >= 15 is 0 Å². The van der Waals surface area contributed by atoms with Gasteiger partial charge in [0.05, 0.1) is 6.42 Å². The number of carbonyl (C=O) groups excluding carboxylic acids is 2. The van der Waals surface area contributed by atoms with Crippen molar-refractivity contribution in [3.63, 3.8) is 0 Å². The van der Waals surface area contributed by atoms with Gasteiger partial charge in [0, 0.05) is 6.04 Å². The Hall–Kier alpha value is -1.39. The number of hydrogen-bond donors (Lipinski definition) is 2. The second kappa shape index (κ2) is 2.64. The van der Waals surface area contributed by atoms with Gasteiger partial charge in [0.2, 0.25) is 5.91 Å². The van der Waals surface area contributed by atoms with Crippen LogP contribution in [-0.2, 0) is 9.59 Å². The summed E-state index contributed by atoms with van der Waals surface area (Å²) in [4.78, 5) is 22.8. The Morgan fingerprint density at radius 1 is 1.25 bits per heavy atom. The Bertz CT molecular complexity index is 415. The van der Waals surface area contributed by atoms with Crippen LogP contribution < -0.4 is 10.7 Å². The lowest BCUT2D eigenvalue weighted by Crippen LogP contribution is -2.41. The van der Waals surface area contributed by atoms with Crippen molar-refractivity contribution in [3.8, 4) is 0 Å². The third-order valence-corrected chi connectivity index (χ3v) is 4.46. The van der Waals surface area contributed by atoms with Crippen molar-refractivity contribution in [3.05, 3.63) is 0 Å². The van der Waals surface area contributed by atoms with Gasteiger partial charge in [-0.1, -0.05) is 0 Å². The van der Waals surface area contributed by atoms with Crippen molar-refractivity contribution in [2.24, 2.45) is 28.8 Å². The molecule has 1 heterocycles. The van der Waals surface area contributed by atoms with Gasteiger partial charge in [-0.2, -0.15) is 5.10 Å². The molecule has 0 spiro atoms. The molecule has 2 N–H and O–H groups in total. The predicted octanol–water partition coefficient (Wildman–Crippen LogP) is -0.367. The molecule has 16 heavy (non-hydrogen) atoms. The number of hydrogen-bond acceptors (Lipinski definition) is 3. The topological polar surface area (TPSA) is 70.6 Å². The molecule has 4 atom stereocenters. The molecule has 0 aromatic rings. The summed E-state index contributed by atoms with van der Waals surface area (Å²) < 4.78 is 0. The number of rotatable bonds is 2. The lowest BCUT2D eigenvalue weighted by atomic mass is 10.1. The monoisotopic (exact) mass is 219 g/mol. The molecule has 3 saturated carbocycles. The molecular formula is C11H13N3O2. The Balaban J connectivity index is 1.44. The third kappa shape index (κ3) is 1.08. The number of nitrogens with one attached hydrogen (secondary N) is 2. The number of amides is 2. The number of nitrogens with zero attached hydrogens (tertiary/aromatic N) is 1. The van der Waals surface area contributed by atoms with E-state index in [0.717, 1.165) is 23.7 Å². The number of carbonyl (C=O) groups is 2. The van der Waals surface area contributed by atoms with E-state index < -0.39 is 0 Å². The molecule has 3 aliphatic carbocycles. The normalized spacial score (nSPS) is 46.6. The smallest absolute Gasteiger partial charge is 0.268 e. The van der Waals surface area contributed by atoms with Gasteiger partial charge < -0.3 is 5.32 Å². The number of fused-ring (bicyclic) bond motifs is 3. The first kappa shape index (κ1) is 8.73. The molecule has 1 aliphatic heterocycles. The quantitative estimate of drug-likeness (QED) is 0.665. The van der Waals surface area contributed by atoms with Crippen LogP contribution in [0.25, 0.3) is 0 Å². The third-order valence-electron chi connectivity index (χ3n) is 4.46. The fourth-order valence-electron chi connectivity index (χ4n) is 3.54. The van der Waals surface area contributed by atoms with Gasteiger partial charge >= 0.3 is 0 Å². The summed E-state index contributed by atoms with van der Waals surface area (Å²) in [5.41, 5.74) is 2.65. The van der Waals surface area contributed by atoms with Crippen molar-refractivity contribution in [1.29, 1.82) is 0 Å². The first-order valence-corrected chi connectivity index (χ1v) is 5.90. The molecular weight excluding hydrogens is 206 g/mol. The van der Waals surface area contributed by atoms with Gasteiger partial charge in [0.15, 0.2) is 0 Å². The molecule has 0 aromatic heterocycles. The van der Waals surface area contributed by atoms with Crippen LogP contribution in [-0.4, -0.2) is 23.6 Å². The molecule has 0 aromatic carbocycles. The standard InChI is InChI=1S/C11H13N3O2/c15-9-3-8(13-14-9)11(16)12-10-6-1-4(6)5-2-7(5)10/h4-7,10H,1-3H2,(H,12,16)(H,14,15)/t4-,5-,6-,7-/m1/s1. The second-order valence-corrected chi connectivity index (χ2v) is 5.40. The van der Waals surface area contributed by atoms with Crippen molar-refractivity contribution in [1.82, 2.24) is 10.7 Å². The minimum atomic E-state index is -0.190. The summed E-state index contributed by atoms with van der Waals surface area (Å²) in [6, 6.07) is 0.362. The number of hydrazone groups is 1. The molecule has 3 fully saturated rings. The first-order valence-electron chi connectivity index (χ1n) is 5.90. The Labute approximate surface area is 92.7 Å². The average molecular weight is 219 g/mol. The van der Waals surface area contributed by atoms with E-state index in [0.29, 0.717) is 11.8 Å². The van der Waals surface area contributed by atoms with Crippen molar-refractivity contribution in [2.45, 2.75) is 25.3 Å². The van der Waals surface area contributed by atoms with Gasteiger partial charge in [-0.3, -0.25) is 9.59 Å². The SMILES string of the molecule is O=C1CC(C(=O)NC2[C@@H]3C[C@@H]3[C@H]3C[C@@H]23)=NN1. The van der Waals surface area contributed by atoms with Gasteiger partial charge in [0.25, 0.3) is 5.91 Å². The first-order chi connectivity index (χ1) is 7.74. The Morgan fingerprint density at radius 3 is 2.50 bits per heavy atom. The molecule has 5 nitrogen and oxygen atoms in total. The summed E-state index contributed by atoms with van der Waals surface area (Å²) in [6.45, 7) is 0. The van der Waals surface area contributed by atoms with Crippen molar-refractivity contribution >= 4 is 17.5 Å². The van der Waals surface area contributed by atoms with E-state index in [9.17, 15) is 9.59 Å². The van der Waals surface area contributed by atoms with E-state index in [4.69, 9.17) is 0 Å². The van der Waals surface area contributed by atoms with Crippen molar-refractivity contribution < 1.29 is 9.59 Å². The van der Waals surface area contributed by atoms with Crippen LogP contribution in [0.1, 0.15) is 19.3 Å². The maximum atomic E-state index is 11.8. The highest BCUT2D eigenvalue weighted by molar-refractivity contribution is 6.43. The summed E-state index contributed by atoms with van der Waals surface area (Å²) in [6.07, 6.45) is 2.70. The fourth-order valence-corrected chi connectivity index (χ4v) is 3.54. The highest BCUT2D eigenvalue weighted by Crippen LogP contribution is 2.69. The van der Waals surface area contributed by atoms with E-state index in [-0.39, 0.29) is 18.2 Å². The van der Waals surface area contributed by atoms with Crippen LogP contribution in [0.5, 0.6) is 0 Å². The minimum absolute atomic E-state index is 0.126. The van der Waals surface area contributed by atoms with Crippen LogP contribution in [0.4, 0.5) is 0 Å². The van der Waals surface area contributed by atoms with E-state index in [1.54, 1.807) is 0 Å². The largest absolute Gasteiger partial charge is 0.348 e. The summed E-state index contributed by atoms with van der Waals surface area (Å²) >= 11 is 0. The van der Waals surface area contributed by atoms with E-state index in [1.165, 1.54) is 12.8 Å². The fraction of sp³-hybridized carbons (Fsp3) is 0.727. The minimum Gasteiger partial charge on any atom is -0.348 e. The molecule has 0 bridgehead atoms. The Morgan fingerprint density at radius 2 is 1.94 bits per heavy atom. The molecule has 0 radical (unpaired) electrons. The summed E-state index contributed by atoms with van der Waals surface area (Å²) in [5.74, 6) is 2.88. The average Bonchev–Trinajstić information content (AvgIpc) is 3.13. The van der Waals surface area contributed by atoms with Crippen LogP contribution in [0, 0.1) is 23.7 Å². The lowest BCUT2D eigenvalue weighted by Gasteiger charge is -2.15. The molecule has 0 unspecified atom stereocenters.